The molecule has 15 heavy (non-hydrogen) atoms. The van der Waals surface area contributed by atoms with Crippen LogP contribution in [0.5, 0.6) is 0 Å². The van der Waals surface area contributed by atoms with Gasteiger partial charge in [0.05, 0.1) is 12.2 Å². The molecule has 2 aromatic heterocycles. The Labute approximate surface area is 99.1 Å². The molecule has 1 unspecified atom stereocenters. The molecule has 78 valence electrons. The molecule has 1 atom stereocenters. The van der Waals surface area contributed by atoms with Gasteiger partial charge >= 0.3 is 0 Å². The first-order chi connectivity index (χ1) is 7.20. The largest absolute Gasteiger partial charge is 0.319 e. The Morgan fingerprint density at radius 2 is 2.27 bits per heavy atom. The second-order valence-electron chi connectivity index (χ2n) is 3.01. The monoisotopic (exact) mass is 286 g/mol. The molecule has 0 amide bonds. The minimum atomic E-state index is -0.442. The first kappa shape index (κ1) is 10.7. The number of aromatic nitrogens is 1. The number of halogens is 2. The van der Waals surface area contributed by atoms with Gasteiger partial charge in [-0.2, -0.15) is 0 Å². The summed E-state index contributed by atoms with van der Waals surface area (Å²) in [4.78, 5) is 4.61. The van der Waals surface area contributed by atoms with Gasteiger partial charge in [0, 0.05) is 21.1 Å². The minimum absolute atomic E-state index is 0.370. The summed E-state index contributed by atoms with van der Waals surface area (Å²) in [5.74, 6) is -0.370. The van der Waals surface area contributed by atoms with Crippen molar-refractivity contribution in [3.63, 3.8) is 0 Å². The Kier molecular flexibility index (Phi) is 3.14. The van der Waals surface area contributed by atoms with Crippen LogP contribution in [0.3, 0.4) is 0 Å². The Hall–Kier alpha value is -0.780. The summed E-state index contributed by atoms with van der Waals surface area (Å²) >= 11 is 4.88. The van der Waals surface area contributed by atoms with Gasteiger partial charge in [0.2, 0.25) is 0 Å². The number of rotatable bonds is 2. The van der Waals surface area contributed by atoms with Gasteiger partial charge in [-0.1, -0.05) is 0 Å². The average molecular weight is 287 g/mol. The third kappa shape index (κ3) is 2.09. The lowest BCUT2D eigenvalue weighted by Gasteiger charge is -2.11. The van der Waals surface area contributed by atoms with Crippen molar-refractivity contribution in [2.45, 2.75) is 6.04 Å². The fraction of sp³-hybridized carbons (Fsp3) is 0.100. The van der Waals surface area contributed by atoms with Crippen LogP contribution < -0.4 is 5.73 Å². The van der Waals surface area contributed by atoms with E-state index in [1.54, 1.807) is 12.3 Å². The third-order valence-electron chi connectivity index (χ3n) is 2.07. The van der Waals surface area contributed by atoms with E-state index >= 15 is 0 Å². The predicted molar refractivity (Wildman–Crippen MR) is 62.2 cm³/mol. The van der Waals surface area contributed by atoms with Gasteiger partial charge in [0.25, 0.3) is 0 Å². The highest BCUT2D eigenvalue weighted by atomic mass is 79.9. The number of thiophene rings is 1. The van der Waals surface area contributed by atoms with Crippen molar-refractivity contribution in [2.24, 2.45) is 5.73 Å². The van der Waals surface area contributed by atoms with E-state index in [2.05, 4.69) is 20.9 Å². The summed E-state index contributed by atoms with van der Waals surface area (Å²) in [7, 11) is 0. The summed E-state index contributed by atoms with van der Waals surface area (Å²) in [6, 6.07) is 3.06. The maximum absolute atomic E-state index is 13.4. The summed E-state index contributed by atoms with van der Waals surface area (Å²) in [6.07, 6.45) is 2.72. The molecule has 2 aromatic rings. The number of hydrogen-bond donors (Lipinski definition) is 1. The Morgan fingerprint density at radius 1 is 1.47 bits per heavy atom. The van der Waals surface area contributed by atoms with Gasteiger partial charge in [-0.3, -0.25) is 4.98 Å². The molecule has 2 N–H and O–H groups in total. The summed E-state index contributed by atoms with van der Waals surface area (Å²) in [6.45, 7) is 0. The van der Waals surface area contributed by atoms with Crippen LogP contribution in [-0.4, -0.2) is 4.98 Å². The standard InChI is InChI=1S/C10H8BrFN2S/c11-7-2-4-15-10(7)9(13)6-1-3-14-5-8(6)12/h1-5,9H,13H2. The Bertz CT molecular complexity index is 472. The number of hydrogen-bond acceptors (Lipinski definition) is 3. The van der Waals surface area contributed by atoms with E-state index in [0.29, 0.717) is 5.56 Å². The normalized spacial score (nSPS) is 12.7. The highest BCUT2D eigenvalue weighted by Crippen LogP contribution is 2.32. The fourth-order valence-corrected chi connectivity index (χ4v) is 2.95. The minimum Gasteiger partial charge on any atom is -0.319 e. The molecule has 0 saturated heterocycles. The van der Waals surface area contributed by atoms with Crippen molar-refractivity contribution in [3.05, 3.63) is 50.6 Å². The lowest BCUT2D eigenvalue weighted by Crippen LogP contribution is -2.12. The molecule has 2 heterocycles. The molecule has 0 bridgehead atoms. The van der Waals surface area contributed by atoms with E-state index in [1.165, 1.54) is 17.5 Å². The molecule has 0 saturated carbocycles. The topological polar surface area (TPSA) is 38.9 Å². The van der Waals surface area contributed by atoms with E-state index in [9.17, 15) is 4.39 Å². The van der Waals surface area contributed by atoms with Crippen LogP contribution in [0.15, 0.2) is 34.4 Å². The summed E-state index contributed by atoms with van der Waals surface area (Å²) < 4.78 is 14.3. The van der Waals surface area contributed by atoms with Gasteiger partial charge in [-0.15, -0.1) is 11.3 Å². The molecule has 0 fully saturated rings. The second-order valence-corrected chi connectivity index (χ2v) is 4.81. The first-order valence-corrected chi connectivity index (χ1v) is 5.95. The van der Waals surface area contributed by atoms with Crippen LogP contribution in [0.1, 0.15) is 16.5 Å². The molecular formula is C10H8BrFN2S. The van der Waals surface area contributed by atoms with Gasteiger partial charge < -0.3 is 5.73 Å². The molecule has 2 rings (SSSR count). The van der Waals surface area contributed by atoms with E-state index in [-0.39, 0.29) is 5.82 Å². The Balaban J connectivity index is 2.41. The lowest BCUT2D eigenvalue weighted by molar-refractivity contribution is 0.594. The van der Waals surface area contributed by atoms with Gasteiger partial charge in [-0.05, 0) is 33.4 Å². The van der Waals surface area contributed by atoms with E-state index < -0.39 is 6.04 Å². The van der Waals surface area contributed by atoms with Gasteiger partial charge in [-0.25, -0.2) is 4.39 Å². The van der Waals surface area contributed by atoms with Crippen molar-refractivity contribution in [1.29, 1.82) is 0 Å². The number of nitrogens with two attached hydrogens (primary N) is 1. The van der Waals surface area contributed by atoms with Crippen LogP contribution >= 0.6 is 27.3 Å². The SMILES string of the molecule is NC(c1ccncc1F)c1sccc1Br. The van der Waals surface area contributed by atoms with Crippen LogP contribution in [-0.2, 0) is 0 Å². The van der Waals surface area contributed by atoms with Crippen molar-refractivity contribution >= 4 is 27.3 Å². The zero-order valence-electron chi connectivity index (χ0n) is 7.65. The van der Waals surface area contributed by atoms with Gasteiger partial charge in [0.1, 0.15) is 5.82 Å². The maximum atomic E-state index is 13.4. The van der Waals surface area contributed by atoms with E-state index in [1.807, 2.05) is 11.4 Å². The first-order valence-electron chi connectivity index (χ1n) is 4.28. The zero-order valence-corrected chi connectivity index (χ0v) is 10.1. The quantitative estimate of drug-likeness (QED) is 0.921. The molecule has 5 heteroatoms. The molecule has 0 aromatic carbocycles. The van der Waals surface area contributed by atoms with Crippen LogP contribution in [0, 0.1) is 5.82 Å². The summed E-state index contributed by atoms with van der Waals surface area (Å²) in [5.41, 5.74) is 6.44. The molecule has 2 nitrogen and oxygen atoms in total. The Morgan fingerprint density at radius 3 is 2.87 bits per heavy atom. The number of pyridine rings is 1. The molecule has 0 radical (unpaired) electrons. The predicted octanol–water partition coefficient (Wildman–Crippen LogP) is 3.09. The van der Waals surface area contributed by atoms with Crippen molar-refractivity contribution in [2.75, 3.05) is 0 Å². The van der Waals surface area contributed by atoms with Crippen LogP contribution in [0.25, 0.3) is 0 Å². The van der Waals surface area contributed by atoms with Crippen molar-refractivity contribution in [1.82, 2.24) is 4.98 Å². The molecule has 0 spiro atoms. The van der Waals surface area contributed by atoms with Crippen molar-refractivity contribution < 1.29 is 4.39 Å². The molecular weight excluding hydrogens is 279 g/mol. The van der Waals surface area contributed by atoms with Crippen LogP contribution in [0.4, 0.5) is 4.39 Å². The molecule has 0 aliphatic rings. The molecule has 0 aliphatic heterocycles. The fourth-order valence-electron chi connectivity index (χ4n) is 1.31. The van der Waals surface area contributed by atoms with E-state index in [4.69, 9.17) is 5.73 Å². The van der Waals surface area contributed by atoms with Crippen molar-refractivity contribution in [3.8, 4) is 0 Å². The maximum Gasteiger partial charge on any atom is 0.146 e. The van der Waals surface area contributed by atoms with Gasteiger partial charge in [0.15, 0.2) is 0 Å². The lowest BCUT2D eigenvalue weighted by atomic mass is 10.1. The smallest absolute Gasteiger partial charge is 0.146 e. The number of nitrogens with zero attached hydrogens (tertiary/aromatic N) is 1. The second kappa shape index (κ2) is 4.38. The molecule has 0 aliphatic carbocycles. The highest BCUT2D eigenvalue weighted by molar-refractivity contribution is 9.10. The van der Waals surface area contributed by atoms with Crippen LogP contribution in [0.2, 0.25) is 0 Å². The average Bonchev–Trinajstić information content (AvgIpc) is 2.64. The third-order valence-corrected chi connectivity index (χ3v) is 4.02. The zero-order chi connectivity index (χ0) is 10.8. The van der Waals surface area contributed by atoms with E-state index in [0.717, 1.165) is 9.35 Å². The summed E-state index contributed by atoms with van der Waals surface area (Å²) in [5, 5.41) is 1.92. The highest BCUT2D eigenvalue weighted by Gasteiger charge is 2.16.